The molecule has 3 heteroatoms. The van der Waals surface area contributed by atoms with Gasteiger partial charge in [0.15, 0.2) is 0 Å². The highest BCUT2D eigenvalue weighted by Gasteiger charge is 2.36. The lowest BCUT2D eigenvalue weighted by molar-refractivity contribution is 0.138. The Morgan fingerprint density at radius 1 is 1.47 bits per heavy atom. The van der Waals surface area contributed by atoms with Crippen molar-refractivity contribution in [2.75, 3.05) is 19.7 Å². The summed E-state index contributed by atoms with van der Waals surface area (Å²) in [4.78, 5) is 0. The highest BCUT2D eigenvalue weighted by molar-refractivity contribution is 5.67. The van der Waals surface area contributed by atoms with Crippen LogP contribution in [0.2, 0.25) is 0 Å². The average molecular weight is 231 g/mol. The predicted molar refractivity (Wildman–Crippen MR) is 67.5 cm³/mol. The molecule has 90 valence electrons. The van der Waals surface area contributed by atoms with Crippen LogP contribution >= 0.6 is 0 Å². The first-order valence-electron chi connectivity index (χ1n) is 6.18. The van der Waals surface area contributed by atoms with Crippen LogP contribution in [0.25, 0.3) is 6.08 Å². The van der Waals surface area contributed by atoms with E-state index in [1.807, 2.05) is 25.1 Å². The fourth-order valence-electron chi connectivity index (χ4n) is 2.46. The summed E-state index contributed by atoms with van der Waals surface area (Å²) in [6, 6.07) is 5.99. The minimum absolute atomic E-state index is 0.141. The van der Waals surface area contributed by atoms with E-state index in [1.54, 1.807) is 0 Å². The number of hydrogen-bond acceptors (Lipinski definition) is 3. The number of nitrogens with one attached hydrogen (secondary N) is 1. The zero-order chi connectivity index (χ0) is 11.7. The third-order valence-electron chi connectivity index (χ3n) is 3.34. The molecule has 17 heavy (non-hydrogen) atoms. The van der Waals surface area contributed by atoms with Crippen LogP contribution in [0, 0.1) is 0 Å². The van der Waals surface area contributed by atoms with Crippen molar-refractivity contribution < 1.29 is 9.47 Å². The van der Waals surface area contributed by atoms with Gasteiger partial charge in [-0.2, -0.15) is 0 Å². The number of ether oxygens (including phenoxy) is 2. The Hall–Kier alpha value is -1.48. The summed E-state index contributed by atoms with van der Waals surface area (Å²) in [5.74, 6) is 1.84. The number of hydrogen-bond donors (Lipinski definition) is 1. The largest absolute Gasteiger partial charge is 0.493 e. The molecule has 0 saturated carbocycles. The van der Waals surface area contributed by atoms with Gasteiger partial charge in [-0.1, -0.05) is 6.07 Å². The summed E-state index contributed by atoms with van der Waals surface area (Å²) in [6.45, 7) is 4.58. The molecule has 1 aromatic carbocycles. The van der Waals surface area contributed by atoms with E-state index in [0.29, 0.717) is 6.61 Å². The first-order chi connectivity index (χ1) is 8.33. The Morgan fingerprint density at radius 3 is 3.18 bits per heavy atom. The van der Waals surface area contributed by atoms with Crippen molar-refractivity contribution in [1.29, 1.82) is 0 Å². The Kier molecular flexibility index (Phi) is 2.56. The average Bonchev–Trinajstić information content (AvgIpc) is 2.78. The van der Waals surface area contributed by atoms with E-state index in [1.165, 1.54) is 0 Å². The van der Waals surface area contributed by atoms with Crippen LogP contribution in [-0.4, -0.2) is 25.3 Å². The number of benzene rings is 1. The van der Waals surface area contributed by atoms with E-state index >= 15 is 0 Å². The minimum Gasteiger partial charge on any atom is -0.493 e. The number of fused-ring (bicyclic) bond motifs is 1. The van der Waals surface area contributed by atoms with Gasteiger partial charge in [0, 0.05) is 13.0 Å². The zero-order valence-electron chi connectivity index (χ0n) is 10.0. The van der Waals surface area contributed by atoms with Crippen LogP contribution in [0.4, 0.5) is 0 Å². The van der Waals surface area contributed by atoms with E-state index in [0.717, 1.165) is 36.6 Å². The summed E-state index contributed by atoms with van der Waals surface area (Å²) in [5.41, 5.74) is 0.921. The Balaban J connectivity index is 1.96. The van der Waals surface area contributed by atoms with Gasteiger partial charge in [-0.15, -0.1) is 0 Å². The van der Waals surface area contributed by atoms with Crippen molar-refractivity contribution in [3.05, 3.63) is 29.8 Å². The van der Waals surface area contributed by atoms with Crippen LogP contribution in [0.3, 0.4) is 0 Å². The molecule has 2 aliphatic heterocycles. The lowest BCUT2D eigenvalue weighted by atomic mass is 9.97. The second kappa shape index (κ2) is 4.08. The van der Waals surface area contributed by atoms with Gasteiger partial charge in [0.1, 0.15) is 17.1 Å². The number of rotatable bonds is 2. The molecule has 2 heterocycles. The standard InChI is InChI=1S/C14H17NO2/c1-2-16-12-4-3-5-13-11(12)6-7-14(17-13)8-9-15-10-14/h3-7,15H,2,8-10H2,1H3. The SMILES string of the molecule is CCOc1cccc2c1C=CC1(CCNC1)O2. The summed E-state index contributed by atoms with van der Waals surface area (Å²) in [7, 11) is 0. The van der Waals surface area contributed by atoms with Crippen molar-refractivity contribution in [3.63, 3.8) is 0 Å². The molecule has 1 unspecified atom stereocenters. The predicted octanol–water partition coefficient (Wildman–Crippen LogP) is 2.22. The fourth-order valence-corrected chi connectivity index (χ4v) is 2.46. The van der Waals surface area contributed by atoms with Gasteiger partial charge in [-0.3, -0.25) is 0 Å². The second-order valence-corrected chi connectivity index (χ2v) is 4.53. The van der Waals surface area contributed by atoms with E-state index < -0.39 is 0 Å². The molecule has 0 amide bonds. The molecule has 1 atom stereocenters. The molecule has 1 fully saturated rings. The highest BCUT2D eigenvalue weighted by atomic mass is 16.5. The molecule has 1 aromatic rings. The molecule has 3 rings (SSSR count). The van der Waals surface area contributed by atoms with Crippen molar-refractivity contribution in [2.45, 2.75) is 18.9 Å². The van der Waals surface area contributed by atoms with Gasteiger partial charge in [0.25, 0.3) is 0 Å². The molecule has 1 spiro atoms. The smallest absolute Gasteiger partial charge is 0.141 e. The summed E-state index contributed by atoms with van der Waals surface area (Å²) in [6.07, 6.45) is 5.33. The van der Waals surface area contributed by atoms with Crippen LogP contribution in [0.1, 0.15) is 18.9 Å². The molecule has 0 aromatic heterocycles. The van der Waals surface area contributed by atoms with Gasteiger partial charge in [-0.05, 0) is 37.8 Å². The molecule has 0 aliphatic carbocycles. The topological polar surface area (TPSA) is 30.5 Å². The molecule has 1 saturated heterocycles. The molecular weight excluding hydrogens is 214 g/mol. The molecule has 2 aliphatic rings. The second-order valence-electron chi connectivity index (χ2n) is 4.53. The van der Waals surface area contributed by atoms with Crippen LogP contribution in [0.5, 0.6) is 11.5 Å². The first-order valence-corrected chi connectivity index (χ1v) is 6.18. The summed E-state index contributed by atoms with van der Waals surface area (Å²) < 4.78 is 11.7. The van der Waals surface area contributed by atoms with Gasteiger partial charge in [0.05, 0.1) is 12.2 Å². The fraction of sp³-hybridized carbons (Fsp3) is 0.429. The van der Waals surface area contributed by atoms with Crippen LogP contribution < -0.4 is 14.8 Å². The van der Waals surface area contributed by atoms with Gasteiger partial charge in [0.2, 0.25) is 0 Å². The summed E-state index contributed by atoms with van der Waals surface area (Å²) in [5, 5.41) is 3.35. The lowest BCUT2D eigenvalue weighted by Gasteiger charge is -2.31. The quantitative estimate of drug-likeness (QED) is 0.846. The summed E-state index contributed by atoms with van der Waals surface area (Å²) >= 11 is 0. The van der Waals surface area contributed by atoms with Crippen molar-refractivity contribution >= 4 is 6.08 Å². The Morgan fingerprint density at radius 2 is 2.41 bits per heavy atom. The van der Waals surface area contributed by atoms with Crippen molar-refractivity contribution in [1.82, 2.24) is 5.32 Å². The monoisotopic (exact) mass is 231 g/mol. The van der Waals surface area contributed by atoms with E-state index in [2.05, 4.69) is 17.5 Å². The zero-order valence-corrected chi connectivity index (χ0v) is 10.0. The van der Waals surface area contributed by atoms with Crippen LogP contribution in [-0.2, 0) is 0 Å². The first kappa shape index (κ1) is 10.7. The molecule has 0 radical (unpaired) electrons. The third kappa shape index (κ3) is 1.80. The maximum Gasteiger partial charge on any atom is 0.141 e. The normalized spacial score (nSPS) is 25.7. The van der Waals surface area contributed by atoms with Crippen molar-refractivity contribution in [2.24, 2.45) is 0 Å². The Labute approximate surface area is 101 Å². The molecule has 0 bridgehead atoms. The molecular formula is C14H17NO2. The van der Waals surface area contributed by atoms with Gasteiger partial charge in [-0.25, -0.2) is 0 Å². The lowest BCUT2D eigenvalue weighted by Crippen LogP contribution is -2.37. The Bertz CT molecular complexity index is 448. The maximum absolute atomic E-state index is 6.14. The van der Waals surface area contributed by atoms with E-state index in [9.17, 15) is 0 Å². The van der Waals surface area contributed by atoms with E-state index in [-0.39, 0.29) is 5.60 Å². The highest BCUT2D eigenvalue weighted by Crippen LogP contribution is 2.38. The third-order valence-corrected chi connectivity index (χ3v) is 3.34. The van der Waals surface area contributed by atoms with E-state index in [4.69, 9.17) is 9.47 Å². The molecule has 3 nitrogen and oxygen atoms in total. The van der Waals surface area contributed by atoms with Gasteiger partial charge < -0.3 is 14.8 Å². The molecule has 1 N–H and O–H groups in total. The minimum atomic E-state index is -0.141. The van der Waals surface area contributed by atoms with Crippen molar-refractivity contribution in [3.8, 4) is 11.5 Å². The maximum atomic E-state index is 6.14. The van der Waals surface area contributed by atoms with Gasteiger partial charge >= 0.3 is 0 Å². The van der Waals surface area contributed by atoms with Crippen LogP contribution in [0.15, 0.2) is 24.3 Å².